The van der Waals surface area contributed by atoms with Gasteiger partial charge < -0.3 is 10.5 Å². The fraction of sp³-hybridized carbons (Fsp3) is 0.600. The van der Waals surface area contributed by atoms with Crippen LogP contribution in [0.1, 0.15) is 18.2 Å². The topological polar surface area (TPSA) is 68.5 Å². The minimum Gasteiger partial charge on any atom is -0.469 e. The van der Waals surface area contributed by atoms with Crippen LogP contribution in [-0.4, -0.2) is 36.1 Å². The standard InChI is InChI=1S/C10H17N3O2S/c1-3-13(5-4-9(14)15-2)7-8-6-12-10(11)16-8/h6H,3-5,7H2,1-2H3,(H2,11,12). The summed E-state index contributed by atoms with van der Waals surface area (Å²) in [4.78, 5) is 18.3. The fourth-order valence-corrected chi connectivity index (χ4v) is 2.04. The Morgan fingerprint density at radius 2 is 2.44 bits per heavy atom. The zero-order chi connectivity index (χ0) is 12.0. The molecule has 0 aliphatic rings. The maximum absolute atomic E-state index is 11.0. The summed E-state index contributed by atoms with van der Waals surface area (Å²) >= 11 is 1.48. The third kappa shape index (κ3) is 4.16. The van der Waals surface area contributed by atoms with Gasteiger partial charge in [0, 0.05) is 24.2 Å². The number of anilines is 1. The van der Waals surface area contributed by atoms with Crippen molar-refractivity contribution in [3.63, 3.8) is 0 Å². The molecular weight excluding hydrogens is 226 g/mol. The van der Waals surface area contributed by atoms with Gasteiger partial charge in [-0.2, -0.15) is 0 Å². The lowest BCUT2D eigenvalue weighted by atomic mass is 10.3. The van der Waals surface area contributed by atoms with E-state index in [1.165, 1.54) is 18.4 Å². The monoisotopic (exact) mass is 243 g/mol. The van der Waals surface area contributed by atoms with Gasteiger partial charge in [0.15, 0.2) is 5.13 Å². The normalized spacial score (nSPS) is 10.7. The average Bonchev–Trinajstić information content (AvgIpc) is 2.69. The van der Waals surface area contributed by atoms with Gasteiger partial charge in [-0.25, -0.2) is 4.98 Å². The highest BCUT2D eigenvalue weighted by Gasteiger charge is 2.09. The summed E-state index contributed by atoms with van der Waals surface area (Å²) < 4.78 is 4.60. The van der Waals surface area contributed by atoms with Crippen LogP contribution in [0.25, 0.3) is 0 Å². The fourth-order valence-electron chi connectivity index (χ4n) is 1.32. The van der Waals surface area contributed by atoms with Gasteiger partial charge >= 0.3 is 5.97 Å². The molecule has 6 heteroatoms. The summed E-state index contributed by atoms with van der Waals surface area (Å²) in [6.07, 6.45) is 2.19. The van der Waals surface area contributed by atoms with Crippen molar-refractivity contribution < 1.29 is 9.53 Å². The molecule has 0 amide bonds. The van der Waals surface area contributed by atoms with Gasteiger partial charge in [-0.15, -0.1) is 11.3 Å². The Balaban J connectivity index is 2.40. The van der Waals surface area contributed by atoms with Gasteiger partial charge in [-0.05, 0) is 6.54 Å². The first kappa shape index (κ1) is 12.9. The number of hydrogen-bond donors (Lipinski definition) is 1. The van der Waals surface area contributed by atoms with Crippen molar-refractivity contribution in [2.24, 2.45) is 0 Å². The Kier molecular flexibility index (Phi) is 5.21. The summed E-state index contributed by atoms with van der Waals surface area (Å²) in [5.41, 5.74) is 5.55. The maximum Gasteiger partial charge on any atom is 0.306 e. The highest BCUT2D eigenvalue weighted by Crippen LogP contribution is 2.16. The van der Waals surface area contributed by atoms with Gasteiger partial charge in [-0.3, -0.25) is 9.69 Å². The number of carbonyl (C=O) groups excluding carboxylic acids is 1. The number of ether oxygens (including phenoxy) is 1. The summed E-state index contributed by atoms with van der Waals surface area (Å²) in [7, 11) is 1.41. The Labute approximate surface area is 99.2 Å². The molecule has 0 spiro atoms. The molecule has 2 N–H and O–H groups in total. The van der Waals surface area contributed by atoms with Gasteiger partial charge in [0.05, 0.1) is 13.5 Å². The summed E-state index contributed by atoms with van der Waals surface area (Å²) in [6.45, 7) is 4.42. The first-order valence-corrected chi connectivity index (χ1v) is 5.96. The number of hydrogen-bond acceptors (Lipinski definition) is 6. The van der Waals surface area contributed by atoms with Gasteiger partial charge in [0.25, 0.3) is 0 Å². The van der Waals surface area contributed by atoms with Crippen molar-refractivity contribution >= 4 is 22.4 Å². The number of aromatic nitrogens is 1. The number of nitrogen functional groups attached to an aromatic ring is 1. The van der Waals surface area contributed by atoms with Gasteiger partial charge in [0.1, 0.15) is 0 Å². The summed E-state index contributed by atoms with van der Waals surface area (Å²) in [5, 5.41) is 0.582. The van der Waals surface area contributed by atoms with Crippen LogP contribution in [0.15, 0.2) is 6.20 Å². The third-order valence-corrected chi connectivity index (χ3v) is 3.07. The van der Waals surface area contributed by atoms with E-state index in [9.17, 15) is 4.79 Å². The molecule has 0 bridgehead atoms. The van der Waals surface area contributed by atoms with E-state index in [-0.39, 0.29) is 5.97 Å². The van der Waals surface area contributed by atoms with Crippen molar-refractivity contribution in [3.8, 4) is 0 Å². The van der Waals surface area contributed by atoms with Crippen molar-refractivity contribution in [2.75, 3.05) is 25.9 Å². The SMILES string of the molecule is CCN(CCC(=O)OC)Cc1cnc(N)s1. The van der Waals surface area contributed by atoms with Crippen LogP contribution in [0.3, 0.4) is 0 Å². The molecule has 0 saturated carbocycles. The molecule has 0 aromatic carbocycles. The lowest BCUT2D eigenvalue weighted by Gasteiger charge is -2.18. The average molecular weight is 243 g/mol. The van der Waals surface area contributed by atoms with Crippen LogP contribution in [-0.2, 0) is 16.1 Å². The molecule has 1 rings (SSSR count). The largest absolute Gasteiger partial charge is 0.469 e. The summed E-state index contributed by atoms with van der Waals surface area (Å²) in [5.74, 6) is -0.178. The van der Waals surface area contributed by atoms with Crippen LogP contribution in [0.2, 0.25) is 0 Å². The molecule has 5 nitrogen and oxygen atoms in total. The van der Waals surface area contributed by atoms with E-state index in [1.54, 1.807) is 6.20 Å². The molecule has 0 atom stereocenters. The quantitative estimate of drug-likeness (QED) is 0.758. The highest BCUT2D eigenvalue weighted by atomic mass is 32.1. The number of rotatable bonds is 6. The van der Waals surface area contributed by atoms with Crippen molar-refractivity contribution in [3.05, 3.63) is 11.1 Å². The lowest BCUT2D eigenvalue weighted by molar-refractivity contribution is -0.141. The Morgan fingerprint density at radius 3 is 2.94 bits per heavy atom. The van der Waals surface area contributed by atoms with Crippen LogP contribution < -0.4 is 5.73 Å². The number of esters is 1. The number of nitrogens with two attached hydrogens (primary N) is 1. The molecule has 0 unspecified atom stereocenters. The zero-order valence-corrected chi connectivity index (χ0v) is 10.4. The molecule has 0 aliphatic heterocycles. The van der Waals surface area contributed by atoms with Crippen LogP contribution in [0.5, 0.6) is 0 Å². The number of carbonyl (C=O) groups is 1. The van der Waals surface area contributed by atoms with E-state index in [1.807, 2.05) is 0 Å². The van der Waals surface area contributed by atoms with E-state index < -0.39 is 0 Å². The predicted molar refractivity (Wildman–Crippen MR) is 64.1 cm³/mol. The van der Waals surface area contributed by atoms with Gasteiger partial charge in [0.2, 0.25) is 0 Å². The molecule has 0 fully saturated rings. The van der Waals surface area contributed by atoms with E-state index in [0.717, 1.165) is 18.0 Å². The van der Waals surface area contributed by atoms with E-state index in [0.29, 0.717) is 18.1 Å². The Bertz CT molecular complexity index is 341. The molecule has 90 valence electrons. The second kappa shape index (κ2) is 6.44. The van der Waals surface area contributed by atoms with Crippen LogP contribution >= 0.6 is 11.3 Å². The van der Waals surface area contributed by atoms with Crippen molar-refractivity contribution in [1.29, 1.82) is 0 Å². The first-order chi connectivity index (χ1) is 7.65. The molecule has 0 saturated heterocycles. The smallest absolute Gasteiger partial charge is 0.306 e. The third-order valence-electron chi connectivity index (χ3n) is 2.26. The molecule has 0 radical (unpaired) electrons. The first-order valence-electron chi connectivity index (χ1n) is 5.15. The maximum atomic E-state index is 11.0. The Hall–Kier alpha value is -1.14. The van der Waals surface area contributed by atoms with Crippen molar-refractivity contribution in [1.82, 2.24) is 9.88 Å². The minimum absolute atomic E-state index is 0.178. The lowest BCUT2D eigenvalue weighted by Crippen LogP contribution is -2.25. The minimum atomic E-state index is -0.178. The number of methoxy groups -OCH3 is 1. The van der Waals surface area contributed by atoms with Crippen LogP contribution in [0, 0.1) is 0 Å². The molecular formula is C10H17N3O2S. The highest BCUT2D eigenvalue weighted by molar-refractivity contribution is 7.15. The molecule has 1 aromatic rings. The second-order valence-corrected chi connectivity index (χ2v) is 4.51. The number of nitrogens with zero attached hydrogens (tertiary/aromatic N) is 2. The molecule has 0 aliphatic carbocycles. The second-order valence-electron chi connectivity index (χ2n) is 3.36. The molecule has 1 heterocycles. The summed E-state index contributed by atoms with van der Waals surface area (Å²) in [6, 6.07) is 0. The Morgan fingerprint density at radius 1 is 1.69 bits per heavy atom. The predicted octanol–water partition coefficient (Wildman–Crippen LogP) is 1.11. The van der Waals surface area contributed by atoms with Crippen molar-refractivity contribution in [2.45, 2.75) is 19.9 Å². The van der Waals surface area contributed by atoms with E-state index in [2.05, 4.69) is 21.5 Å². The van der Waals surface area contributed by atoms with E-state index in [4.69, 9.17) is 5.73 Å². The van der Waals surface area contributed by atoms with Gasteiger partial charge in [-0.1, -0.05) is 6.92 Å². The van der Waals surface area contributed by atoms with Crippen LogP contribution in [0.4, 0.5) is 5.13 Å². The zero-order valence-electron chi connectivity index (χ0n) is 9.60. The molecule has 16 heavy (non-hydrogen) atoms. The number of thiazole rings is 1. The molecule has 1 aromatic heterocycles. The van der Waals surface area contributed by atoms with E-state index >= 15 is 0 Å².